The van der Waals surface area contributed by atoms with Gasteiger partial charge < -0.3 is 15.1 Å². The van der Waals surface area contributed by atoms with E-state index in [2.05, 4.69) is 36.3 Å². The molecule has 4 fully saturated rings. The molecular formula is C28H40N4O3. The van der Waals surface area contributed by atoms with Gasteiger partial charge in [0.1, 0.15) is 5.54 Å². The summed E-state index contributed by atoms with van der Waals surface area (Å²) in [6.07, 6.45) is 7.98. The van der Waals surface area contributed by atoms with Crippen LogP contribution in [0.15, 0.2) is 30.3 Å². The number of nitrogens with zero attached hydrogens (tertiary/aromatic N) is 3. The van der Waals surface area contributed by atoms with Crippen molar-refractivity contribution in [3.8, 4) is 0 Å². The number of amides is 4. The summed E-state index contributed by atoms with van der Waals surface area (Å²) < 4.78 is 0. The van der Waals surface area contributed by atoms with Crippen molar-refractivity contribution >= 4 is 17.8 Å². The molecule has 7 nitrogen and oxygen atoms in total. The second-order valence-electron chi connectivity index (χ2n) is 11.2. The van der Waals surface area contributed by atoms with Crippen LogP contribution >= 0.6 is 0 Å². The number of imide groups is 1. The lowest BCUT2D eigenvalue weighted by Gasteiger charge is -2.41. The van der Waals surface area contributed by atoms with Gasteiger partial charge in [-0.3, -0.25) is 14.5 Å². The summed E-state index contributed by atoms with van der Waals surface area (Å²) in [7, 11) is 2.13. The number of benzene rings is 1. The zero-order valence-corrected chi connectivity index (χ0v) is 21.3. The zero-order valence-electron chi connectivity index (χ0n) is 21.3. The minimum absolute atomic E-state index is 0.0438. The maximum atomic E-state index is 13.7. The SMILES string of the molecule is CCC[C@@]1(C2CCN(C(=O)C3(c4ccccc4)CC3)CC2)NC(=O)N(CC[C@H]2CCCN2C)C1=O. The van der Waals surface area contributed by atoms with Crippen LogP contribution in [0.5, 0.6) is 0 Å². The monoisotopic (exact) mass is 480 g/mol. The molecule has 35 heavy (non-hydrogen) atoms. The Labute approximate surface area is 209 Å². The van der Waals surface area contributed by atoms with Crippen LogP contribution in [-0.2, 0) is 15.0 Å². The van der Waals surface area contributed by atoms with Gasteiger partial charge in [-0.2, -0.15) is 0 Å². The Bertz CT molecular complexity index is 954. The molecule has 1 N–H and O–H groups in total. The van der Waals surface area contributed by atoms with Crippen LogP contribution in [0.2, 0.25) is 0 Å². The average molecular weight is 481 g/mol. The lowest BCUT2D eigenvalue weighted by atomic mass is 9.74. The number of hydrogen-bond donors (Lipinski definition) is 1. The van der Waals surface area contributed by atoms with Crippen LogP contribution in [-0.4, -0.2) is 77.4 Å². The van der Waals surface area contributed by atoms with E-state index < -0.39 is 5.54 Å². The van der Waals surface area contributed by atoms with Crippen LogP contribution in [0, 0.1) is 5.92 Å². The number of urea groups is 1. The third-order valence-corrected chi connectivity index (χ3v) is 9.17. The molecule has 3 aliphatic heterocycles. The first-order valence-electron chi connectivity index (χ1n) is 13.6. The Morgan fingerprint density at radius 1 is 1.06 bits per heavy atom. The van der Waals surface area contributed by atoms with Gasteiger partial charge >= 0.3 is 6.03 Å². The third-order valence-electron chi connectivity index (χ3n) is 9.17. The van der Waals surface area contributed by atoms with Crippen molar-refractivity contribution in [2.75, 3.05) is 33.2 Å². The minimum atomic E-state index is -0.820. The molecule has 0 aromatic heterocycles. The lowest BCUT2D eigenvalue weighted by Crippen LogP contribution is -2.57. The summed E-state index contributed by atoms with van der Waals surface area (Å²) in [5.41, 5.74) is -0.0490. The zero-order chi connectivity index (χ0) is 24.6. The molecule has 0 radical (unpaired) electrons. The predicted octanol–water partition coefficient (Wildman–Crippen LogP) is 3.53. The Kier molecular flexibility index (Phi) is 6.64. The molecule has 0 bridgehead atoms. The van der Waals surface area contributed by atoms with Crippen molar-refractivity contribution in [2.24, 2.45) is 5.92 Å². The number of rotatable bonds is 8. The van der Waals surface area contributed by atoms with Crippen LogP contribution in [0.4, 0.5) is 4.79 Å². The fourth-order valence-electron chi connectivity index (χ4n) is 6.90. The summed E-state index contributed by atoms with van der Waals surface area (Å²) in [4.78, 5) is 46.0. The van der Waals surface area contributed by atoms with Crippen molar-refractivity contribution in [3.05, 3.63) is 35.9 Å². The number of carbonyl (C=O) groups is 3. The van der Waals surface area contributed by atoms with E-state index in [1.165, 1.54) is 11.3 Å². The highest BCUT2D eigenvalue weighted by Crippen LogP contribution is 2.50. The van der Waals surface area contributed by atoms with Gasteiger partial charge in [0.05, 0.1) is 5.41 Å². The van der Waals surface area contributed by atoms with Crippen molar-refractivity contribution in [1.29, 1.82) is 0 Å². The molecule has 0 unspecified atom stereocenters. The van der Waals surface area contributed by atoms with Crippen molar-refractivity contribution in [1.82, 2.24) is 20.0 Å². The van der Waals surface area contributed by atoms with E-state index in [9.17, 15) is 14.4 Å². The van der Waals surface area contributed by atoms with E-state index in [0.717, 1.165) is 57.1 Å². The number of piperidine rings is 1. The number of nitrogens with one attached hydrogen (secondary N) is 1. The molecule has 7 heteroatoms. The molecule has 1 aliphatic carbocycles. The summed E-state index contributed by atoms with van der Waals surface area (Å²) in [5.74, 6) is 0.252. The standard InChI is InChI=1S/C28H40N4O3/c1-3-14-28(25(34)32(26(35)29-28)20-13-23-10-7-17-30(23)2)22-11-18-31(19-12-22)24(33)27(15-16-27)21-8-5-4-6-9-21/h4-6,8-9,22-23H,3,7,10-20H2,1-2H3,(H,29,35)/t23-,28+/m1/s1. The molecular weight excluding hydrogens is 440 g/mol. The molecule has 1 saturated carbocycles. The van der Waals surface area contributed by atoms with Gasteiger partial charge in [-0.15, -0.1) is 0 Å². The first-order chi connectivity index (χ1) is 16.9. The van der Waals surface area contributed by atoms with Crippen molar-refractivity contribution < 1.29 is 14.4 Å². The van der Waals surface area contributed by atoms with E-state index in [1.54, 1.807) is 0 Å². The van der Waals surface area contributed by atoms with E-state index in [4.69, 9.17) is 0 Å². The predicted molar refractivity (Wildman–Crippen MR) is 135 cm³/mol. The fourth-order valence-corrected chi connectivity index (χ4v) is 6.90. The lowest BCUT2D eigenvalue weighted by molar-refractivity contribution is -0.137. The smallest absolute Gasteiger partial charge is 0.325 e. The molecule has 1 aromatic rings. The average Bonchev–Trinajstić information content (AvgIpc) is 3.53. The van der Waals surface area contributed by atoms with Gasteiger partial charge in [0.15, 0.2) is 0 Å². The molecule has 190 valence electrons. The minimum Gasteiger partial charge on any atom is -0.342 e. The highest BCUT2D eigenvalue weighted by atomic mass is 16.2. The van der Waals surface area contributed by atoms with Crippen LogP contribution in [0.1, 0.15) is 70.3 Å². The van der Waals surface area contributed by atoms with Gasteiger partial charge in [0.2, 0.25) is 5.91 Å². The first-order valence-corrected chi connectivity index (χ1v) is 13.6. The Morgan fingerprint density at radius 2 is 1.77 bits per heavy atom. The first kappa shape index (κ1) is 24.3. The number of likely N-dealkylation sites (tertiary alicyclic amines) is 2. The summed E-state index contributed by atoms with van der Waals surface area (Å²) >= 11 is 0. The van der Waals surface area contributed by atoms with Crippen molar-refractivity contribution in [2.45, 2.75) is 81.7 Å². The second-order valence-corrected chi connectivity index (χ2v) is 11.2. The Hall–Kier alpha value is -2.41. The highest BCUT2D eigenvalue weighted by molar-refractivity contribution is 6.07. The molecule has 2 atom stereocenters. The summed E-state index contributed by atoms with van der Waals surface area (Å²) in [5, 5.41) is 3.16. The largest absolute Gasteiger partial charge is 0.342 e. The maximum Gasteiger partial charge on any atom is 0.325 e. The summed E-state index contributed by atoms with van der Waals surface area (Å²) in [6.45, 7) is 4.96. The molecule has 4 aliphatic rings. The third kappa shape index (κ3) is 4.26. The highest BCUT2D eigenvalue weighted by Gasteiger charge is 2.57. The van der Waals surface area contributed by atoms with Crippen LogP contribution in [0.3, 0.4) is 0 Å². The molecule has 0 spiro atoms. The molecule has 3 heterocycles. The second kappa shape index (κ2) is 9.57. The number of hydrogen-bond acceptors (Lipinski definition) is 4. The Morgan fingerprint density at radius 3 is 2.37 bits per heavy atom. The topological polar surface area (TPSA) is 73.0 Å². The van der Waals surface area contributed by atoms with Gasteiger partial charge in [0, 0.05) is 25.7 Å². The van der Waals surface area contributed by atoms with Crippen LogP contribution in [0.25, 0.3) is 0 Å². The fraction of sp³-hybridized carbons (Fsp3) is 0.679. The quantitative estimate of drug-likeness (QED) is 0.578. The summed E-state index contributed by atoms with van der Waals surface area (Å²) in [6, 6.07) is 10.4. The molecule has 4 amide bonds. The molecule has 5 rings (SSSR count). The van der Waals surface area contributed by atoms with Gasteiger partial charge in [-0.25, -0.2) is 4.79 Å². The number of carbonyl (C=O) groups excluding carboxylic acids is 3. The van der Waals surface area contributed by atoms with E-state index in [1.807, 2.05) is 23.1 Å². The van der Waals surface area contributed by atoms with Crippen LogP contribution < -0.4 is 5.32 Å². The van der Waals surface area contributed by atoms with E-state index in [-0.39, 0.29) is 29.2 Å². The van der Waals surface area contributed by atoms with Gasteiger partial charge in [-0.1, -0.05) is 43.7 Å². The van der Waals surface area contributed by atoms with Gasteiger partial charge in [0.25, 0.3) is 5.91 Å². The normalized spacial score (nSPS) is 29.0. The van der Waals surface area contributed by atoms with Gasteiger partial charge in [-0.05, 0) is 76.4 Å². The van der Waals surface area contributed by atoms with Crippen molar-refractivity contribution in [3.63, 3.8) is 0 Å². The Balaban J connectivity index is 1.24. The molecule has 3 saturated heterocycles. The molecule has 1 aromatic carbocycles. The maximum absolute atomic E-state index is 13.7. The van der Waals surface area contributed by atoms with E-state index >= 15 is 0 Å². The van der Waals surface area contributed by atoms with E-state index in [0.29, 0.717) is 32.1 Å².